The molecule has 5 nitrogen and oxygen atoms in total. The Bertz CT molecular complexity index is 527. The second-order valence-corrected chi connectivity index (χ2v) is 3.24. The molecule has 0 aliphatic heterocycles. The van der Waals surface area contributed by atoms with Gasteiger partial charge in [0.25, 0.3) is 11.3 Å². The first-order valence-corrected chi connectivity index (χ1v) is 4.19. The summed E-state index contributed by atoms with van der Waals surface area (Å²) in [7, 11) is 0. The van der Waals surface area contributed by atoms with E-state index in [1.54, 1.807) is 13.8 Å². The second-order valence-electron chi connectivity index (χ2n) is 2.80. The third-order valence-electron chi connectivity index (χ3n) is 1.76. The molecular formula is C7H8N4OS. The van der Waals surface area contributed by atoms with E-state index in [1.165, 1.54) is 4.52 Å². The highest BCUT2D eigenvalue weighted by Gasteiger charge is 2.08. The van der Waals surface area contributed by atoms with Crippen molar-refractivity contribution < 1.29 is 0 Å². The third kappa shape index (κ3) is 1.14. The van der Waals surface area contributed by atoms with Crippen LogP contribution in [0.4, 0.5) is 0 Å². The summed E-state index contributed by atoms with van der Waals surface area (Å²) in [6.45, 7) is 3.50. The highest BCUT2D eigenvalue weighted by Crippen LogP contribution is 2.04. The van der Waals surface area contributed by atoms with Crippen molar-refractivity contribution in [3.05, 3.63) is 21.9 Å². The largest absolute Gasteiger partial charge is 0.287 e. The van der Waals surface area contributed by atoms with Gasteiger partial charge in [-0.2, -0.15) is 9.50 Å². The minimum Gasteiger partial charge on any atom is -0.275 e. The average Bonchev–Trinajstić information content (AvgIpc) is 2.42. The van der Waals surface area contributed by atoms with E-state index in [-0.39, 0.29) is 5.56 Å². The minimum absolute atomic E-state index is 0.216. The van der Waals surface area contributed by atoms with E-state index in [1.807, 2.05) is 0 Å². The van der Waals surface area contributed by atoms with Crippen LogP contribution in [0.3, 0.4) is 0 Å². The lowest BCUT2D eigenvalue weighted by atomic mass is 10.4. The summed E-state index contributed by atoms with van der Waals surface area (Å²) in [4.78, 5) is 20.0. The molecule has 68 valence electrons. The van der Waals surface area contributed by atoms with Crippen LogP contribution >= 0.6 is 12.6 Å². The van der Waals surface area contributed by atoms with Gasteiger partial charge in [0.05, 0.1) is 10.6 Å². The summed E-state index contributed by atoms with van der Waals surface area (Å²) in [5.74, 6) is 1.04. The summed E-state index contributed by atoms with van der Waals surface area (Å²) < 4.78 is 1.28. The molecule has 0 amide bonds. The van der Waals surface area contributed by atoms with Crippen molar-refractivity contribution in [1.29, 1.82) is 0 Å². The van der Waals surface area contributed by atoms with Crippen molar-refractivity contribution in [3.63, 3.8) is 0 Å². The zero-order valence-electron chi connectivity index (χ0n) is 7.20. The third-order valence-corrected chi connectivity index (χ3v) is 2.27. The van der Waals surface area contributed by atoms with Crippen LogP contribution in [0.1, 0.15) is 11.5 Å². The molecule has 0 aliphatic carbocycles. The first-order chi connectivity index (χ1) is 6.09. The van der Waals surface area contributed by atoms with Crippen LogP contribution in [0.2, 0.25) is 0 Å². The maximum atomic E-state index is 11.5. The van der Waals surface area contributed by atoms with E-state index in [4.69, 9.17) is 0 Å². The van der Waals surface area contributed by atoms with Crippen molar-refractivity contribution in [2.75, 3.05) is 0 Å². The van der Waals surface area contributed by atoms with Gasteiger partial charge in [-0.1, -0.05) is 0 Å². The van der Waals surface area contributed by atoms with Crippen LogP contribution in [0, 0.1) is 13.8 Å². The molecule has 0 radical (unpaired) electrons. The summed E-state index contributed by atoms with van der Waals surface area (Å²) in [5.41, 5.74) is 0.381. The maximum Gasteiger partial charge on any atom is 0.287 e. The number of hydrogen-bond acceptors (Lipinski definition) is 4. The summed E-state index contributed by atoms with van der Waals surface area (Å²) in [6, 6.07) is 0. The molecule has 0 unspecified atom stereocenters. The highest BCUT2D eigenvalue weighted by atomic mass is 32.1. The lowest BCUT2D eigenvalue weighted by Gasteiger charge is -1.96. The Morgan fingerprint density at radius 2 is 2.08 bits per heavy atom. The van der Waals surface area contributed by atoms with Gasteiger partial charge >= 0.3 is 0 Å². The van der Waals surface area contributed by atoms with E-state index in [0.717, 1.165) is 0 Å². The number of aromatic amines is 1. The van der Waals surface area contributed by atoms with Gasteiger partial charge in [0.15, 0.2) is 0 Å². The smallest absolute Gasteiger partial charge is 0.275 e. The fraction of sp³-hybridized carbons (Fsp3) is 0.286. The number of H-pyrrole nitrogens is 1. The number of fused-ring (bicyclic) bond motifs is 1. The second kappa shape index (κ2) is 2.59. The van der Waals surface area contributed by atoms with Gasteiger partial charge in [0.2, 0.25) is 0 Å². The van der Waals surface area contributed by atoms with Crippen LogP contribution in [0.25, 0.3) is 5.78 Å². The van der Waals surface area contributed by atoms with Gasteiger partial charge in [-0.3, -0.25) is 9.89 Å². The van der Waals surface area contributed by atoms with Crippen molar-refractivity contribution in [2.24, 2.45) is 0 Å². The van der Waals surface area contributed by atoms with Gasteiger partial charge in [0, 0.05) is 0 Å². The number of rotatable bonds is 0. The highest BCUT2D eigenvalue weighted by molar-refractivity contribution is 7.80. The molecule has 0 saturated heterocycles. The normalized spacial score (nSPS) is 11.0. The molecule has 0 fully saturated rings. The standard InChI is InChI=1S/C7H8N4OS/c1-3-5(13)6(12)11-7(8-3)9-4(2)10-11/h13H,1-2H3,(H,8,9,10). The van der Waals surface area contributed by atoms with Crippen molar-refractivity contribution in [2.45, 2.75) is 18.7 Å². The fourth-order valence-corrected chi connectivity index (χ4v) is 1.27. The Morgan fingerprint density at radius 3 is 2.77 bits per heavy atom. The van der Waals surface area contributed by atoms with E-state index >= 15 is 0 Å². The summed E-state index contributed by atoms with van der Waals surface area (Å²) >= 11 is 4.05. The van der Waals surface area contributed by atoms with E-state index in [0.29, 0.717) is 22.2 Å². The molecule has 0 aliphatic rings. The number of aryl methyl sites for hydroxylation is 2. The Balaban J connectivity index is 3.01. The average molecular weight is 196 g/mol. The number of thiol groups is 1. The van der Waals surface area contributed by atoms with Crippen molar-refractivity contribution >= 4 is 18.4 Å². The Hall–Kier alpha value is -1.30. The van der Waals surface area contributed by atoms with Gasteiger partial charge < -0.3 is 0 Å². The molecule has 6 heteroatoms. The van der Waals surface area contributed by atoms with Crippen LogP contribution < -0.4 is 5.56 Å². The lowest BCUT2D eigenvalue weighted by molar-refractivity contribution is 0.840. The molecule has 0 spiro atoms. The van der Waals surface area contributed by atoms with Gasteiger partial charge in [0.1, 0.15) is 5.82 Å². The number of nitrogens with zero attached hydrogens (tertiary/aromatic N) is 3. The van der Waals surface area contributed by atoms with Gasteiger partial charge in [-0.15, -0.1) is 12.6 Å². The zero-order chi connectivity index (χ0) is 9.59. The molecular weight excluding hydrogens is 188 g/mol. The van der Waals surface area contributed by atoms with E-state index in [2.05, 4.69) is 27.7 Å². The topological polar surface area (TPSA) is 63.1 Å². The van der Waals surface area contributed by atoms with E-state index in [9.17, 15) is 4.79 Å². The minimum atomic E-state index is -0.216. The molecule has 1 N–H and O–H groups in total. The maximum absolute atomic E-state index is 11.5. The predicted octanol–water partition coefficient (Wildman–Crippen LogP) is 0.323. The molecule has 2 aromatic rings. The summed E-state index contributed by atoms with van der Waals surface area (Å²) in [6.07, 6.45) is 0. The Kier molecular flexibility index (Phi) is 1.66. The fourth-order valence-electron chi connectivity index (χ4n) is 1.12. The molecule has 0 bridgehead atoms. The van der Waals surface area contributed by atoms with Crippen LogP contribution in [-0.4, -0.2) is 19.6 Å². The molecule has 2 rings (SSSR count). The molecule has 0 saturated carbocycles. The SMILES string of the molecule is Cc1nc2nc(C)c(S)c(=O)n2[nH]1. The van der Waals surface area contributed by atoms with E-state index < -0.39 is 0 Å². The molecule has 13 heavy (non-hydrogen) atoms. The zero-order valence-corrected chi connectivity index (χ0v) is 8.09. The van der Waals surface area contributed by atoms with Gasteiger partial charge in [-0.05, 0) is 13.8 Å². The number of nitrogens with one attached hydrogen (secondary N) is 1. The first-order valence-electron chi connectivity index (χ1n) is 3.74. The van der Waals surface area contributed by atoms with Crippen molar-refractivity contribution in [3.8, 4) is 0 Å². The van der Waals surface area contributed by atoms with Crippen LogP contribution in [-0.2, 0) is 0 Å². The monoisotopic (exact) mass is 196 g/mol. The Morgan fingerprint density at radius 1 is 1.38 bits per heavy atom. The predicted molar refractivity (Wildman–Crippen MR) is 50.3 cm³/mol. The van der Waals surface area contributed by atoms with Gasteiger partial charge in [-0.25, -0.2) is 4.98 Å². The quantitative estimate of drug-likeness (QED) is 0.596. The lowest BCUT2D eigenvalue weighted by Crippen LogP contribution is -2.17. The summed E-state index contributed by atoms with van der Waals surface area (Å²) in [5, 5.41) is 2.78. The van der Waals surface area contributed by atoms with Crippen LogP contribution in [0.15, 0.2) is 9.69 Å². The molecule has 0 atom stereocenters. The number of hydrogen-bond donors (Lipinski definition) is 2. The molecule has 2 aromatic heterocycles. The van der Waals surface area contributed by atoms with Crippen molar-refractivity contribution in [1.82, 2.24) is 19.6 Å². The first kappa shape index (κ1) is 8.31. The molecule has 0 aromatic carbocycles. The van der Waals surface area contributed by atoms with Crippen LogP contribution in [0.5, 0.6) is 0 Å². The molecule has 2 heterocycles. The Labute approximate surface area is 79.2 Å². The number of aromatic nitrogens is 4.